The Morgan fingerprint density at radius 3 is 2.67 bits per heavy atom. The normalized spacial score (nSPS) is 12.6. The summed E-state index contributed by atoms with van der Waals surface area (Å²) in [4.78, 5) is 0. The maximum absolute atomic E-state index is 10.9. The zero-order valence-electron chi connectivity index (χ0n) is 12.3. The van der Waals surface area contributed by atoms with Crippen molar-refractivity contribution in [2.75, 3.05) is 19.3 Å². The first-order valence-electron chi connectivity index (χ1n) is 6.56. The quantitative estimate of drug-likeness (QED) is 0.179. The Morgan fingerprint density at radius 2 is 2.10 bits per heavy atom. The third kappa shape index (κ3) is 6.56. The fourth-order valence-corrected chi connectivity index (χ4v) is 2.32. The number of hydrogen-bond acceptors (Lipinski definition) is 5. The van der Waals surface area contributed by atoms with Crippen LogP contribution in [0.3, 0.4) is 0 Å². The fraction of sp³-hybridized carbons (Fsp3) is 0.462. The number of rotatable bonds is 8. The van der Waals surface area contributed by atoms with Crippen LogP contribution in [0.4, 0.5) is 0 Å². The average molecular weight is 314 g/mol. The first-order chi connectivity index (χ1) is 9.83. The van der Waals surface area contributed by atoms with Crippen LogP contribution >= 0.6 is 0 Å². The van der Waals surface area contributed by atoms with Crippen molar-refractivity contribution in [3.63, 3.8) is 0 Å². The van der Waals surface area contributed by atoms with E-state index >= 15 is 0 Å². The zero-order valence-corrected chi connectivity index (χ0v) is 13.1. The molecule has 5 N–H and O–H groups in total. The van der Waals surface area contributed by atoms with Gasteiger partial charge in [-0.1, -0.05) is 17.3 Å². The average Bonchev–Trinajstić information content (AvgIpc) is 2.42. The number of nitrogens with two attached hydrogens (primary N) is 1. The Morgan fingerprint density at radius 1 is 1.38 bits per heavy atom. The van der Waals surface area contributed by atoms with Crippen molar-refractivity contribution < 1.29 is 13.6 Å². The molecule has 0 aliphatic rings. The molecule has 1 rings (SSSR count). The van der Waals surface area contributed by atoms with E-state index in [-0.39, 0.29) is 5.84 Å². The van der Waals surface area contributed by atoms with Gasteiger partial charge in [0.05, 0.1) is 6.26 Å². The van der Waals surface area contributed by atoms with Gasteiger partial charge in [0.2, 0.25) is 10.0 Å². The summed E-state index contributed by atoms with van der Waals surface area (Å²) >= 11 is 0. The van der Waals surface area contributed by atoms with E-state index in [1.54, 1.807) is 6.07 Å². The molecule has 0 radical (unpaired) electrons. The van der Waals surface area contributed by atoms with Crippen LogP contribution in [-0.4, -0.2) is 38.8 Å². The van der Waals surface area contributed by atoms with E-state index < -0.39 is 10.0 Å². The Kier molecular flexibility index (Phi) is 6.60. The molecular formula is C13H22N4O3S. The monoisotopic (exact) mass is 314 g/mol. The van der Waals surface area contributed by atoms with Crippen molar-refractivity contribution in [1.29, 1.82) is 0 Å². The number of amidine groups is 1. The van der Waals surface area contributed by atoms with Crippen LogP contribution in [0, 0.1) is 6.92 Å². The van der Waals surface area contributed by atoms with Crippen LogP contribution in [0.5, 0.6) is 0 Å². The molecule has 21 heavy (non-hydrogen) atoms. The molecule has 0 unspecified atom stereocenters. The Balaban J connectivity index is 2.39. The third-order valence-electron chi connectivity index (χ3n) is 2.96. The predicted molar refractivity (Wildman–Crippen MR) is 82.9 cm³/mol. The minimum atomic E-state index is -3.11. The number of nitrogens with zero attached hydrogens (tertiary/aromatic N) is 1. The largest absolute Gasteiger partial charge is 0.409 e. The summed E-state index contributed by atoms with van der Waals surface area (Å²) in [5.74, 6) is 0.0875. The van der Waals surface area contributed by atoms with Gasteiger partial charge in [0.15, 0.2) is 5.84 Å². The summed E-state index contributed by atoms with van der Waals surface area (Å²) in [6, 6.07) is 5.58. The van der Waals surface area contributed by atoms with Crippen molar-refractivity contribution >= 4 is 15.9 Å². The second-order valence-corrected chi connectivity index (χ2v) is 6.66. The number of oxime groups is 1. The van der Waals surface area contributed by atoms with Gasteiger partial charge in [0, 0.05) is 18.7 Å². The molecule has 0 heterocycles. The molecule has 0 fully saturated rings. The third-order valence-corrected chi connectivity index (χ3v) is 3.68. The maximum atomic E-state index is 10.9. The molecule has 0 aliphatic heterocycles. The van der Waals surface area contributed by atoms with Crippen molar-refractivity contribution in [1.82, 2.24) is 10.0 Å². The molecule has 118 valence electrons. The zero-order chi connectivity index (χ0) is 15.9. The molecule has 0 atom stereocenters. The van der Waals surface area contributed by atoms with Crippen molar-refractivity contribution in [3.05, 3.63) is 34.9 Å². The Hall–Kier alpha value is -1.64. The lowest BCUT2D eigenvalue weighted by Gasteiger charge is -2.09. The van der Waals surface area contributed by atoms with Crippen LogP contribution in [0.15, 0.2) is 23.4 Å². The summed E-state index contributed by atoms with van der Waals surface area (Å²) < 4.78 is 24.2. The highest BCUT2D eigenvalue weighted by Gasteiger charge is 2.03. The second-order valence-electron chi connectivity index (χ2n) is 4.82. The molecule has 0 bridgehead atoms. The van der Waals surface area contributed by atoms with Gasteiger partial charge < -0.3 is 16.3 Å². The Bertz CT molecular complexity index is 599. The summed E-state index contributed by atoms with van der Waals surface area (Å²) in [6.45, 7) is 3.77. The minimum absolute atomic E-state index is 0.0875. The second kappa shape index (κ2) is 7.96. The molecule has 8 heteroatoms. The number of sulfonamides is 1. The Labute approximate surface area is 125 Å². The highest BCUT2D eigenvalue weighted by Crippen LogP contribution is 2.11. The molecule has 0 saturated heterocycles. The van der Waals surface area contributed by atoms with E-state index in [1.807, 2.05) is 19.1 Å². The van der Waals surface area contributed by atoms with E-state index in [1.165, 1.54) is 0 Å². The molecule has 0 saturated carbocycles. The van der Waals surface area contributed by atoms with Gasteiger partial charge in [-0.05, 0) is 37.1 Å². The number of nitrogens with one attached hydrogen (secondary N) is 2. The summed E-state index contributed by atoms with van der Waals surface area (Å²) in [5.41, 5.74) is 8.36. The molecule has 7 nitrogen and oxygen atoms in total. The first kappa shape index (κ1) is 17.4. The first-order valence-corrected chi connectivity index (χ1v) is 8.45. The number of benzene rings is 1. The van der Waals surface area contributed by atoms with Crippen molar-refractivity contribution in [2.24, 2.45) is 10.9 Å². The van der Waals surface area contributed by atoms with E-state index in [9.17, 15) is 8.42 Å². The van der Waals surface area contributed by atoms with Crippen LogP contribution in [0.2, 0.25) is 0 Å². The van der Waals surface area contributed by atoms with Crippen LogP contribution < -0.4 is 15.8 Å². The van der Waals surface area contributed by atoms with E-state index in [0.29, 0.717) is 31.6 Å². The molecule has 0 aliphatic carbocycles. The SMILES string of the molecule is Cc1cc(/C(N)=N/O)ccc1CNCCCNS(C)(=O)=O. The smallest absolute Gasteiger partial charge is 0.208 e. The molecule has 0 amide bonds. The molecule has 0 spiro atoms. The van der Waals surface area contributed by atoms with Gasteiger partial charge in [0.25, 0.3) is 0 Å². The lowest BCUT2D eigenvalue weighted by atomic mass is 10.0. The fourth-order valence-electron chi connectivity index (χ4n) is 1.81. The van der Waals surface area contributed by atoms with Gasteiger partial charge >= 0.3 is 0 Å². The standard InChI is InChI=1S/C13H22N4O3S/c1-10-8-11(13(14)17-18)4-5-12(10)9-15-6-3-7-16-21(2,19)20/h4-5,8,15-16,18H,3,6-7,9H2,1-2H3,(H2,14,17). The molecule has 0 aromatic heterocycles. The molecule has 1 aromatic rings. The van der Waals surface area contributed by atoms with E-state index in [0.717, 1.165) is 17.4 Å². The van der Waals surface area contributed by atoms with Gasteiger partial charge in [-0.3, -0.25) is 0 Å². The van der Waals surface area contributed by atoms with E-state index in [4.69, 9.17) is 10.9 Å². The summed E-state index contributed by atoms with van der Waals surface area (Å²) in [7, 11) is -3.11. The van der Waals surface area contributed by atoms with Gasteiger partial charge in [0.1, 0.15) is 0 Å². The van der Waals surface area contributed by atoms with Gasteiger partial charge in [-0.2, -0.15) is 0 Å². The molecule has 1 aromatic carbocycles. The lowest BCUT2D eigenvalue weighted by molar-refractivity contribution is 0.318. The van der Waals surface area contributed by atoms with Gasteiger partial charge in [-0.15, -0.1) is 0 Å². The maximum Gasteiger partial charge on any atom is 0.208 e. The number of aryl methyl sites for hydroxylation is 1. The lowest BCUT2D eigenvalue weighted by Crippen LogP contribution is -2.26. The topological polar surface area (TPSA) is 117 Å². The highest BCUT2D eigenvalue weighted by atomic mass is 32.2. The van der Waals surface area contributed by atoms with Crippen LogP contribution in [-0.2, 0) is 16.6 Å². The van der Waals surface area contributed by atoms with Gasteiger partial charge in [-0.25, -0.2) is 13.1 Å². The predicted octanol–water partition coefficient (Wildman–Crippen LogP) is 0.118. The van der Waals surface area contributed by atoms with Crippen LogP contribution in [0.25, 0.3) is 0 Å². The minimum Gasteiger partial charge on any atom is -0.409 e. The van der Waals surface area contributed by atoms with Crippen LogP contribution in [0.1, 0.15) is 23.1 Å². The van der Waals surface area contributed by atoms with Crippen molar-refractivity contribution in [2.45, 2.75) is 19.9 Å². The molecular weight excluding hydrogens is 292 g/mol. The summed E-state index contributed by atoms with van der Waals surface area (Å²) in [5, 5.41) is 14.8. The van der Waals surface area contributed by atoms with E-state index in [2.05, 4.69) is 15.2 Å². The highest BCUT2D eigenvalue weighted by molar-refractivity contribution is 7.88. The van der Waals surface area contributed by atoms with Crippen molar-refractivity contribution in [3.8, 4) is 0 Å². The number of hydrogen-bond donors (Lipinski definition) is 4. The summed E-state index contributed by atoms with van der Waals surface area (Å²) in [6.07, 6.45) is 1.86.